The van der Waals surface area contributed by atoms with E-state index < -0.39 is 5.60 Å². The first-order chi connectivity index (χ1) is 16.2. The van der Waals surface area contributed by atoms with E-state index in [1.54, 1.807) is 42.4 Å². The fourth-order valence-corrected chi connectivity index (χ4v) is 3.41. The van der Waals surface area contributed by atoms with Crippen LogP contribution < -0.4 is 11.1 Å². The van der Waals surface area contributed by atoms with E-state index in [1.165, 1.54) is 0 Å². The molecule has 0 aliphatic heterocycles. The number of rotatable bonds is 8. The van der Waals surface area contributed by atoms with Crippen molar-refractivity contribution >= 4 is 23.3 Å². The summed E-state index contributed by atoms with van der Waals surface area (Å²) in [7, 11) is 1.71. The summed E-state index contributed by atoms with van der Waals surface area (Å²) in [6.07, 6.45) is 2.01. The van der Waals surface area contributed by atoms with Gasteiger partial charge in [-0.3, -0.25) is 9.78 Å². The molecule has 0 aliphatic rings. The van der Waals surface area contributed by atoms with Crippen LogP contribution >= 0.6 is 0 Å². The summed E-state index contributed by atoms with van der Waals surface area (Å²) in [5, 5.41) is 3.35. The molecule has 2 aromatic carbocycles. The molecule has 1 amide bonds. The van der Waals surface area contributed by atoms with Crippen molar-refractivity contribution in [3.8, 4) is 11.3 Å². The van der Waals surface area contributed by atoms with Gasteiger partial charge in [-0.2, -0.15) is 0 Å². The van der Waals surface area contributed by atoms with Gasteiger partial charge >= 0.3 is 6.09 Å². The summed E-state index contributed by atoms with van der Waals surface area (Å²) in [6.45, 7) is 6.62. The number of carbonyl (C=O) groups is 2. The van der Waals surface area contributed by atoms with Gasteiger partial charge in [-0.05, 0) is 51.5 Å². The fourth-order valence-electron chi connectivity index (χ4n) is 3.41. The standard InChI is InChI=1S/C27H32N4O3/c1-27(2,3)34-26(33)31(4)17-9-16-29-23-14-13-20(24-22(28)12-8-15-30-24)18-21(23)25(32)19-10-6-5-7-11-19/h5-8,10-15,18,29H,9,16-17,28H2,1-4H3. The van der Waals surface area contributed by atoms with Gasteiger partial charge in [0.2, 0.25) is 0 Å². The summed E-state index contributed by atoms with van der Waals surface area (Å²) in [4.78, 5) is 31.4. The lowest BCUT2D eigenvalue weighted by Crippen LogP contribution is -2.35. The van der Waals surface area contributed by atoms with Crippen molar-refractivity contribution in [2.45, 2.75) is 32.8 Å². The molecule has 0 saturated carbocycles. The Morgan fingerprint density at radius 2 is 1.79 bits per heavy atom. The Hall–Kier alpha value is -3.87. The summed E-state index contributed by atoms with van der Waals surface area (Å²) in [5.41, 5.74) is 9.38. The molecule has 3 N–H and O–H groups in total. The molecule has 0 saturated heterocycles. The normalized spacial score (nSPS) is 11.1. The Kier molecular flexibility index (Phi) is 7.89. The Morgan fingerprint density at radius 1 is 1.06 bits per heavy atom. The maximum atomic E-state index is 13.3. The van der Waals surface area contributed by atoms with Gasteiger partial charge in [0.1, 0.15) is 5.60 Å². The minimum absolute atomic E-state index is 0.0923. The molecule has 7 nitrogen and oxygen atoms in total. The third-order valence-corrected chi connectivity index (χ3v) is 5.10. The minimum atomic E-state index is -0.533. The van der Waals surface area contributed by atoms with Gasteiger partial charge in [-0.25, -0.2) is 4.79 Å². The topological polar surface area (TPSA) is 97.5 Å². The van der Waals surface area contributed by atoms with Crippen LogP contribution in [0.2, 0.25) is 0 Å². The molecule has 3 rings (SSSR count). The number of pyridine rings is 1. The number of nitrogen functional groups attached to an aromatic ring is 1. The summed E-state index contributed by atoms with van der Waals surface area (Å²) in [5.74, 6) is -0.0923. The predicted octanol–water partition coefficient (Wildman–Crippen LogP) is 5.23. The number of aromatic nitrogens is 1. The largest absolute Gasteiger partial charge is 0.444 e. The van der Waals surface area contributed by atoms with Gasteiger partial charge in [0.15, 0.2) is 5.78 Å². The average molecular weight is 461 g/mol. The SMILES string of the molecule is CN(CCCNc1ccc(-c2ncccc2N)cc1C(=O)c1ccccc1)C(=O)OC(C)(C)C. The fraction of sp³-hybridized carbons (Fsp3) is 0.296. The number of ether oxygens (including phenoxy) is 1. The first-order valence-electron chi connectivity index (χ1n) is 11.3. The van der Waals surface area contributed by atoms with Crippen LogP contribution in [0.3, 0.4) is 0 Å². The van der Waals surface area contributed by atoms with Gasteiger partial charge in [-0.15, -0.1) is 0 Å². The molecular formula is C27H32N4O3. The number of hydrogen-bond acceptors (Lipinski definition) is 6. The van der Waals surface area contributed by atoms with Crippen molar-refractivity contribution in [1.29, 1.82) is 0 Å². The molecule has 0 bridgehead atoms. The Labute approximate surface area is 201 Å². The number of carbonyl (C=O) groups excluding carboxylic acids is 2. The lowest BCUT2D eigenvalue weighted by molar-refractivity contribution is 0.0298. The molecule has 7 heteroatoms. The van der Waals surface area contributed by atoms with Crippen LogP contribution in [-0.2, 0) is 4.74 Å². The molecule has 3 aromatic rings. The number of ketones is 1. The van der Waals surface area contributed by atoms with E-state index in [-0.39, 0.29) is 11.9 Å². The Balaban J connectivity index is 1.76. The van der Waals surface area contributed by atoms with E-state index in [0.29, 0.717) is 47.7 Å². The highest BCUT2D eigenvalue weighted by molar-refractivity contribution is 6.13. The zero-order valence-corrected chi connectivity index (χ0v) is 20.2. The van der Waals surface area contributed by atoms with E-state index in [9.17, 15) is 9.59 Å². The van der Waals surface area contributed by atoms with Crippen molar-refractivity contribution in [2.75, 3.05) is 31.2 Å². The monoisotopic (exact) mass is 460 g/mol. The zero-order chi connectivity index (χ0) is 24.7. The maximum Gasteiger partial charge on any atom is 0.410 e. The molecule has 0 fully saturated rings. The van der Waals surface area contributed by atoms with Gasteiger partial charge < -0.3 is 20.7 Å². The minimum Gasteiger partial charge on any atom is -0.444 e. The predicted molar refractivity (Wildman–Crippen MR) is 136 cm³/mol. The number of amides is 1. The van der Waals surface area contributed by atoms with Gasteiger partial charge in [-0.1, -0.05) is 36.4 Å². The van der Waals surface area contributed by atoms with Gasteiger partial charge in [0, 0.05) is 48.7 Å². The third kappa shape index (κ3) is 6.57. The summed E-state index contributed by atoms with van der Waals surface area (Å²) in [6, 6.07) is 18.3. The van der Waals surface area contributed by atoms with Crippen LogP contribution in [0.15, 0.2) is 66.9 Å². The second kappa shape index (κ2) is 10.8. The van der Waals surface area contributed by atoms with Crippen LogP contribution in [0.4, 0.5) is 16.2 Å². The Morgan fingerprint density at radius 3 is 2.47 bits per heavy atom. The van der Waals surface area contributed by atoms with E-state index in [4.69, 9.17) is 10.5 Å². The molecule has 0 unspecified atom stereocenters. The molecular weight excluding hydrogens is 428 g/mol. The van der Waals surface area contributed by atoms with Crippen LogP contribution in [0, 0.1) is 0 Å². The molecule has 1 aromatic heterocycles. The summed E-state index contributed by atoms with van der Waals surface area (Å²) < 4.78 is 5.39. The molecule has 178 valence electrons. The number of anilines is 2. The van der Waals surface area contributed by atoms with Crippen LogP contribution in [0.1, 0.15) is 43.1 Å². The second-order valence-electron chi connectivity index (χ2n) is 9.08. The highest BCUT2D eigenvalue weighted by atomic mass is 16.6. The number of nitrogens with two attached hydrogens (primary N) is 1. The highest BCUT2D eigenvalue weighted by Gasteiger charge is 2.19. The molecule has 0 atom stereocenters. The van der Waals surface area contributed by atoms with Crippen LogP contribution in [-0.4, -0.2) is 47.5 Å². The number of nitrogens with one attached hydrogen (secondary N) is 1. The number of hydrogen-bond donors (Lipinski definition) is 2. The first kappa shape index (κ1) is 24.8. The van der Waals surface area contributed by atoms with Crippen molar-refractivity contribution < 1.29 is 14.3 Å². The highest BCUT2D eigenvalue weighted by Crippen LogP contribution is 2.29. The van der Waals surface area contributed by atoms with E-state index in [2.05, 4.69) is 10.3 Å². The average Bonchev–Trinajstić information content (AvgIpc) is 2.81. The molecule has 0 spiro atoms. The van der Waals surface area contributed by atoms with E-state index in [0.717, 1.165) is 5.56 Å². The molecule has 0 radical (unpaired) electrons. The van der Waals surface area contributed by atoms with Crippen molar-refractivity contribution in [3.05, 3.63) is 78.0 Å². The second-order valence-corrected chi connectivity index (χ2v) is 9.08. The number of benzene rings is 2. The third-order valence-electron chi connectivity index (χ3n) is 5.10. The maximum absolute atomic E-state index is 13.3. The van der Waals surface area contributed by atoms with Crippen molar-refractivity contribution in [1.82, 2.24) is 9.88 Å². The van der Waals surface area contributed by atoms with Crippen molar-refractivity contribution in [2.24, 2.45) is 0 Å². The molecule has 34 heavy (non-hydrogen) atoms. The Bertz CT molecular complexity index is 1140. The van der Waals surface area contributed by atoms with Gasteiger partial charge in [0.05, 0.1) is 11.4 Å². The smallest absolute Gasteiger partial charge is 0.410 e. The summed E-state index contributed by atoms with van der Waals surface area (Å²) >= 11 is 0. The zero-order valence-electron chi connectivity index (χ0n) is 20.2. The van der Waals surface area contributed by atoms with Crippen LogP contribution in [0.5, 0.6) is 0 Å². The quantitative estimate of drug-likeness (QED) is 0.353. The first-order valence-corrected chi connectivity index (χ1v) is 11.3. The number of nitrogens with zero attached hydrogens (tertiary/aromatic N) is 2. The van der Waals surface area contributed by atoms with Gasteiger partial charge in [0.25, 0.3) is 0 Å². The molecule has 0 aliphatic carbocycles. The lowest BCUT2D eigenvalue weighted by Gasteiger charge is -2.24. The molecule has 1 heterocycles. The lowest BCUT2D eigenvalue weighted by atomic mass is 9.97. The van der Waals surface area contributed by atoms with Crippen LogP contribution in [0.25, 0.3) is 11.3 Å². The van der Waals surface area contributed by atoms with Crippen molar-refractivity contribution in [3.63, 3.8) is 0 Å². The van der Waals surface area contributed by atoms with E-state index in [1.807, 2.05) is 57.2 Å². The van der Waals surface area contributed by atoms with E-state index >= 15 is 0 Å².